The van der Waals surface area contributed by atoms with Crippen LogP contribution in [0, 0.1) is 5.92 Å². The van der Waals surface area contributed by atoms with Crippen LogP contribution in [-0.4, -0.2) is 0 Å². The van der Waals surface area contributed by atoms with E-state index in [0.717, 1.165) is 21.7 Å². The van der Waals surface area contributed by atoms with Crippen molar-refractivity contribution in [1.29, 1.82) is 0 Å². The van der Waals surface area contributed by atoms with Crippen LogP contribution in [0.2, 0.25) is 4.34 Å². The van der Waals surface area contributed by atoms with Gasteiger partial charge in [-0.1, -0.05) is 51.8 Å². The summed E-state index contributed by atoms with van der Waals surface area (Å²) in [4.78, 5) is 1.70. The second-order valence-electron chi connectivity index (χ2n) is 4.61. The highest BCUT2D eigenvalue weighted by Gasteiger charge is 2.29. The molecule has 1 aliphatic carbocycles. The van der Waals surface area contributed by atoms with Gasteiger partial charge in [0.2, 0.25) is 0 Å². The van der Waals surface area contributed by atoms with E-state index >= 15 is 0 Å². The Morgan fingerprint density at radius 1 is 1.22 bits per heavy atom. The van der Waals surface area contributed by atoms with Crippen molar-refractivity contribution in [3.05, 3.63) is 55.1 Å². The van der Waals surface area contributed by atoms with Crippen molar-refractivity contribution in [1.82, 2.24) is 0 Å². The van der Waals surface area contributed by atoms with E-state index in [1.807, 2.05) is 0 Å². The van der Waals surface area contributed by atoms with Gasteiger partial charge < -0.3 is 0 Å². The van der Waals surface area contributed by atoms with Crippen LogP contribution in [-0.2, 0) is 12.8 Å². The fourth-order valence-electron chi connectivity index (χ4n) is 2.53. The highest BCUT2D eigenvalue weighted by molar-refractivity contribution is 9.10. The molecule has 1 atom stereocenters. The van der Waals surface area contributed by atoms with Crippen molar-refractivity contribution in [2.24, 2.45) is 5.92 Å². The van der Waals surface area contributed by atoms with Crippen molar-refractivity contribution in [2.75, 3.05) is 0 Å². The molecule has 0 saturated carbocycles. The van der Waals surface area contributed by atoms with Crippen LogP contribution in [0.25, 0.3) is 0 Å². The van der Waals surface area contributed by atoms with Crippen molar-refractivity contribution < 1.29 is 0 Å². The van der Waals surface area contributed by atoms with E-state index in [4.69, 9.17) is 11.6 Å². The summed E-state index contributed by atoms with van der Waals surface area (Å²) in [7, 11) is 0. The third-order valence-corrected chi connectivity index (χ3v) is 7.53. The lowest BCUT2D eigenvalue weighted by Crippen LogP contribution is -2.06. The Kier molecular flexibility index (Phi) is 3.86. The highest BCUT2D eigenvalue weighted by atomic mass is 79.9. The molecule has 0 radical (unpaired) electrons. The standard InChI is InChI=1S/C14H11Br2ClS/c15-11-7-12(18-14(11)17)13(16)10-5-8-3-1-2-4-9(8)6-10/h1-4,7,10,13H,5-6H2. The van der Waals surface area contributed by atoms with E-state index in [9.17, 15) is 0 Å². The molecule has 0 nitrogen and oxygen atoms in total. The van der Waals surface area contributed by atoms with Crippen LogP contribution < -0.4 is 0 Å². The molecule has 3 rings (SSSR count). The average molecular weight is 407 g/mol. The van der Waals surface area contributed by atoms with Gasteiger partial charge in [0, 0.05) is 9.35 Å². The molecule has 0 fully saturated rings. The zero-order valence-corrected chi connectivity index (χ0v) is 14.2. The molecule has 1 heterocycles. The van der Waals surface area contributed by atoms with Crippen molar-refractivity contribution in [3.63, 3.8) is 0 Å². The molecule has 0 amide bonds. The molecule has 4 heteroatoms. The highest BCUT2D eigenvalue weighted by Crippen LogP contribution is 2.45. The minimum Gasteiger partial charge on any atom is -0.126 e. The van der Waals surface area contributed by atoms with Gasteiger partial charge in [-0.25, -0.2) is 0 Å². The molecule has 0 bridgehead atoms. The summed E-state index contributed by atoms with van der Waals surface area (Å²) in [5.41, 5.74) is 2.99. The quantitative estimate of drug-likeness (QED) is 0.535. The molecule has 0 spiro atoms. The third-order valence-electron chi connectivity index (χ3n) is 3.43. The normalized spacial score (nSPS) is 16.8. The van der Waals surface area contributed by atoms with E-state index < -0.39 is 0 Å². The van der Waals surface area contributed by atoms with E-state index in [0.29, 0.717) is 10.7 Å². The van der Waals surface area contributed by atoms with Gasteiger partial charge in [-0.05, 0) is 51.9 Å². The van der Waals surface area contributed by atoms with Crippen molar-refractivity contribution in [2.45, 2.75) is 17.7 Å². The fraction of sp³-hybridized carbons (Fsp3) is 0.286. The molecule has 1 aromatic carbocycles. The number of alkyl halides is 1. The second-order valence-corrected chi connectivity index (χ2v) is 8.14. The first-order chi connectivity index (χ1) is 8.65. The Hall–Kier alpha value is 0.170. The first-order valence-electron chi connectivity index (χ1n) is 5.80. The predicted molar refractivity (Wildman–Crippen MR) is 86.0 cm³/mol. The maximum atomic E-state index is 6.12. The largest absolute Gasteiger partial charge is 0.126 e. The Bertz CT molecular complexity index is 534. The van der Waals surface area contributed by atoms with Crippen molar-refractivity contribution >= 4 is 54.8 Å². The van der Waals surface area contributed by atoms with E-state index in [2.05, 4.69) is 62.2 Å². The van der Waals surface area contributed by atoms with E-state index in [1.165, 1.54) is 16.0 Å². The SMILES string of the molecule is Clc1sc(C(Br)C2Cc3ccccc3C2)cc1Br. The minimum absolute atomic E-state index is 0.388. The second kappa shape index (κ2) is 5.28. The zero-order chi connectivity index (χ0) is 12.7. The first-order valence-corrected chi connectivity index (χ1v) is 8.71. The molecule has 2 aromatic rings. The summed E-state index contributed by atoms with van der Waals surface area (Å²) in [6, 6.07) is 10.9. The number of halogens is 3. The number of fused-ring (bicyclic) bond motifs is 1. The Balaban J connectivity index is 1.82. The minimum atomic E-state index is 0.388. The van der Waals surface area contributed by atoms with Gasteiger partial charge in [-0.3, -0.25) is 0 Å². The Morgan fingerprint density at radius 2 is 1.83 bits per heavy atom. The molecule has 0 N–H and O–H groups in total. The molecular formula is C14H11Br2ClS. The topological polar surface area (TPSA) is 0 Å². The monoisotopic (exact) mass is 404 g/mol. The number of thiophene rings is 1. The molecule has 0 aliphatic heterocycles. The zero-order valence-electron chi connectivity index (χ0n) is 9.50. The first kappa shape index (κ1) is 13.2. The van der Waals surface area contributed by atoms with Gasteiger partial charge in [0.25, 0.3) is 0 Å². The summed E-state index contributed by atoms with van der Waals surface area (Å²) in [5, 5.41) is 0. The van der Waals surface area contributed by atoms with Crippen LogP contribution in [0.3, 0.4) is 0 Å². The smallest absolute Gasteiger partial charge is 0.107 e. The molecular weight excluding hydrogens is 395 g/mol. The number of hydrogen-bond donors (Lipinski definition) is 0. The summed E-state index contributed by atoms with van der Waals surface area (Å²) in [6.45, 7) is 0. The summed E-state index contributed by atoms with van der Waals surface area (Å²) in [5.74, 6) is 0.629. The molecule has 18 heavy (non-hydrogen) atoms. The lowest BCUT2D eigenvalue weighted by molar-refractivity contribution is 0.559. The maximum Gasteiger partial charge on any atom is 0.107 e. The molecule has 1 unspecified atom stereocenters. The predicted octanol–water partition coefficient (Wildman–Crippen LogP) is 6.02. The van der Waals surface area contributed by atoms with Crippen molar-refractivity contribution in [3.8, 4) is 0 Å². The van der Waals surface area contributed by atoms with E-state index in [1.54, 1.807) is 11.3 Å². The molecule has 0 saturated heterocycles. The maximum absolute atomic E-state index is 6.12. The van der Waals surface area contributed by atoms with Gasteiger partial charge >= 0.3 is 0 Å². The summed E-state index contributed by atoms with van der Waals surface area (Å²) in [6.07, 6.45) is 2.30. The Labute approximate surface area is 133 Å². The lowest BCUT2D eigenvalue weighted by atomic mass is 10.0. The van der Waals surface area contributed by atoms with Gasteiger partial charge in [-0.15, -0.1) is 11.3 Å². The summed E-state index contributed by atoms with van der Waals surface area (Å²) >= 11 is 15.1. The summed E-state index contributed by atoms with van der Waals surface area (Å²) < 4.78 is 1.84. The molecule has 94 valence electrons. The van der Waals surface area contributed by atoms with Crippen LogP contribution in [0.4, 0.5) is 0 Å². The van der Waals surface area contributed by atoms with Crippen LogP contribution in [0.1, 0.15) is 20.8 Å². The number of hydrogen-bond acceptors (Lipinski definition) is 1. The average Bonchev–Trinajstić information content (AvgIpc) is 2.93. The molecule has 1 aromatic heterocycles. The van der Waals surface area contributed by atoms with Crippen LogP contribution >= 0.6 is 54.8 Å². The van der Waals surface area contributed by atoms with Gasteiger partial charge in [0.05, 0.1) is 4.83 Å². The van der Waals surface area contributed by atoms with E-state index in [-0.39, 0.29) is 0 Å². The lowest BCUT2D eigenvalue weighted by Gasteiger charge is -2.15. The number of rotatable bonds is 2. The van der Waals surface area contributed by atoms with Gasteiger partial charge in [0.15, 0.2) is 0 Å². The third kappa shape index (κ3) is 2.43. The van der Waals surface area contributed by atoms with Crippen LogP contribution in [0.5, 0.6) is 0 Å². The van der Waals surface area contributed by atoms with Gasteiger partial charge in [-0.2, -0.15) is 0 Å². The fourth-order valence-corrected chi connectivity index (χ4v) is 5.13. The van der Waals surface area contributed by atoms with Gasteiger partial charge in [0.1, 0.15) is 4.34 Å². The Morgan fingerprint density at radius 3 is 2.33 bits per heavy atom. The van der Waals surface area contributed by atoms with Crippen LogP contribution in [0.15, 0.2) is 34.8 Å². The number of benzene rings is 1. The molecule has 1 aliphatic rings.